The third kappa shape index (κ3) is 1.42. The molecule has 2 aromatic rings. The van der Waals surface area contributed by atoms with Gasteiger partial charge in [-0.25, -0.2) is 0 Å². The van der Waals surface area contributed by atoms with E-state index in [4.69, 9.17) is 11.6 Å². The fourth-order valence-corrected chi connectivity index (χ4v) is 1.89. The summed E-state index contributed by atoms with van der Waals surface area (Å²) in [5, 5.41) is 1.97. The van der Waals surface area contributed by atoms with Gasteiger partial charge >= 0.3 is 0 Å². The molecule has 1 heterocycles. The summed E-state index contributed by atoms with van der Waals surface area (Å²) in [5.41, 5.74) is 3.62. The first-order valence-corrected chi connectivity index (χ1v) is 5.25. The van der Waals surface area contributed by atoms with Crippen LogP contribution in [0.5, 0.6) is 0 Å². The Morgan fingerprint density at radius 3 is 2.64 bits per heavy atom. The maximum absolute atomic E-state index is 6.03. The molecule has 1 nitrogen and oxygen atoms in total. The molecule has 14 heavy (non-hydrogen) atoms. The quantitative estimate of drug-likeness (QED) is 0.720. The fourth-order valence-electron chi connectivity index (χ4n) is 1.68. The summed E-state index contributed by atoms with van der Waals surface area (Å²) >= 11 is 6.03. The van der Waals surface area contributed by atoms with Crippen LogP contribution in [0.15, 0.2) is 18.2 Å². The van der Waals surface area contributed by atoms with Crippen LogP contribution < -0.4 is 0 Å². The maximum Gasteiger partial charge on any atom is 0.110 e. The van der Waals surface area contributed by atoms with Gasteiger partial charge in [-0.2, -0.15) is 0 Å². The number of aryl methyl sites for hydroxylation is 1. The zero-order valence-electron chi connectivity index (χ0n) is 8.69. The molecule has 74 valence electrons. The molecule has 0 bridgehead atoms. The highest BCUT2D eigenvalue weighted by atomic mass is 35.5. The molecule has 1 N–H and O–H groups in total. The van der Waals surface area contributed by atoms with Crippen LogP contribution in [0.1, 0.15) is 30.9 Å². The van der Waals surface area contributed by atoms with Crippen LogP contribution in [0.4, 0.5) is 0 Å². The average molecular weight is 208 g/mol. The summed E-state index contributed by atoms with van der Waals surface area (Å²) in [5.74, 6) is 0.557. The minimum absolute atomic E-state index is 0.557. The van der Waals surface area contributed by atoms with Crippen LogP contribution in [0, 0.1) is 6.92 Å². The Bertz CT molecular complexity index is 468. The number of benzene rings is 1. The fraction of sp³-hybridized carbons (Fsp3) is 0.333. The number of aromatic amines is 1. The third-order valence-electron chi connectivity index (χ3n) is 2.69. The van der Waals surface area contributed by atoms with Crippen molar-refractivity contribution >= 4 is 22.5 Å². The topological polar surface area (TPSA) is 15.8 Å². The van der Waals surface area contributed by atoms with E-state index in [9.17, 15) is 0 Å². The molecule has 0 spiro atoms. The van der Waals surface area contributed by atoms with Crippen molar-refractivity contribution in [2.24, 2.45) is 0 Å². The number of nitrogens with one attached hydrogen (secondary N) is 1. The molecule has 0 aliphatic heterocycles. The predicted molar refractivity (Wildman–Crippen MR) is 62.1 cm³/mol. The van der Waals surface area contributed by atoms with Gasteiger partial charge in [0.15, 0.2) is 0 Å². The Morgan fingerprint density at radius 2 is 2.00 bits per heavy atom. The molecule has 2 heteroatoms. The zero-order chi connectivity index (χ0) is 10.3. The van der Waals surface area contributed by atoms with Crippen LogP contribution in [-0.4, -0.2) is 4.98 Å². The Hall–Kier alpha value is -0.950. The summed E-state index contributed by atoms with van der Waals surface area (Å²) < 4.78 is 0. The zero-order valence-corrected chi connectivity index (χ0v) is 9.44. The SMILES string of the molecule is Cc1c(Cl)[nH]c2cc(C(C)C)ccc12. The van der Waals surface area contributed by atoms with E-state index in [0.29, 0.717) is 5.92 Å². The number of hydrogen-bond donors (Lipinski definition) is 1. The van der Waals surface area contributed by atoms with Crippen molar-refractivity contribution in [3.05, 3.63) is 34.5 Å². The van der Waals surface area contributed by atoms with Crippen molar-refractivity contribution < 1.29 is 0 Å². The molecule has 0 unspecified atom stereocenters. The molecule has 0 atom stereocenters. The average Bonchev–Trinajstić information content (AvgIpc) is 2.42. The lowest BCUT2D eigenvalue weighted by molar-refractivity contribution is 0.868. The molecule has 0 radical (unpaired) electrons. The first-order valence-electron chi connectivity index (χ1n) is 4.87. The molecular formula is C12H14ClN. The number of aromatic nitrogens is 1. The first-order chi connectivity index (χ1) is 6.59. The van der Waals surface area contributed by atoms with Crippen molar-refractivity contribution in [2.45, 2.75) is 26.7 Å². The molecule has 2 rings (SSSR count). The summed E-state index contributed by atoms with van der Waals surface area (Å²) in [6.45, 7) is 6.42. The van der Waals surface area contributed by atoms with Crippen LogP contribution in [0.3, 0.4) is 0 Å². The Labute approximate surface area is 89.1 Å². The second kappa shape index (κ2) is 3.32. The number of rotatable bonds is 1. The van der Waals surface area contributed by atoms with Gasteiger partial charge in [0.1, 0.15) is 5.15 Å². The van der Waals surface area contributed by atoms with Gasteiger partial charge in [0.2, 0.25) is 0 Å². The summed E-state index contributed by atoms with van der Waals surface area (Å²) in [7, 11) is 0. The summed E-state index contributed by atoms with van der Waals surface area (Å²) in [6.07, 6.45) is 0. The van der Waals surface area contributed by atoms with E-state index in [1.165, 1.54) is 10.9 Å². The van der Waals surface area contributed by atoms with Gasteiger partial charge in [0, 0.05) is 10.9 Å². The monoisotopic (exact) mass is 207 g/mol. The molecule has 0 aliphatic rings. The minimum atomic E-state index is 0.557. The van der Waals surface area contributed by atoms with Crippen LogP contribution in [0.2, 0.25) is 5.15 Å². The maximum atomic E-state index is 6.03. The smallest absolute Gasteiger partial charge is 0.110 e. The molecule has 1 aromatic carbocycles. The van der Waals surface area contributed by atoms with Crippen molar-refractivity contribution in [2.75, 3.05) is 0 Å². The summed E-state index contributed by atoms with van der Waals surface area (Å²) in [6, 6.07) is 6.49. The standard InChI is InChI=1S/C12H14ClN/c1-7(2)9-4-5-10-8(3)12(13)14-11(10)6-9/h4-7,14H,1-3H3. The second-order valence-electron chi connectivity index (χ2n) is 4.02. The van der Waals surface area contributed by atoms with E-state index >= 15 is 0 Å². The van der Waals surface area contributed by atoms with Crippen molar-refractivity contribution in [1.29, 1.82) is 0 Å². The number of hydrogen-bond acceptors (Lipinski definition) is 0. The molecule has 1 aromatic heterocycles. The largest absolute Gasteiger partial charge is 0.345 e. The third-order valence-corrected chi connectivity index (χ3v) is 3.07. The van der Waals surface area contributed by atoms with E-state index in [1.807, 2.05) is 6.92 Å². The van der Waals surface area contributed by atoms with E-state index in [1.54, 1.807) is 0 Å². The summed E-state index contributed by atoms with van der Waals surface area (Å²) in [4.78, 5) is 3.19. The Morgan fingerprint density at radius 1 is 1.29 bits per heavy atom. The highest BCUT2D eigenvalue weighted by Crippen LogP contribution is 2.27. The first kappa shape index (κ1) is 9.60. The van der Waals surface area contributed by atoms with Crippen LogP contribution >= 0.6 is 11.6 Å². The Kier molecular flexibility index (Phi) is 2.28. The molecule has 0 saturated carbocycles. The van der Waals surface area contributed by atoms with E-state index < -0.39 is 0 Å². The minimum Gasteiger partial charge on any atom is -0.345 e. The van der Waals surface area contributed by atoms with Gasteiger partial charge in [-0.15, -0.1) is 0 Å². The lowest BCUT2D eigenvalue weighted by atomic mass is 10.0. The van der Waals surface area contributed by atoms with Crippen LogP contribution in [0.25, 0.3) is 10.9 Å². The Balaban J connectivity index is 2.67. The van der Waals surface area contributed by atoms with E-state index in [-0.39, 0.29) is 0 Å². The molecule has 0 aliphatic carbocycles. The lowest BCUT2D eigenvalue weighted by Crippen LogP contribution is -1.85. The molecule has 0 amide bonds. The van der Waals surface area contributed by atoms with Gasteiger partial charge in [-0.05, 0) is 30.0 Å². The highest BCUT2D eigenvalue weighted by molar-refractivity contribution is 6.31. The number of H-pyrrole nitrogens is 1. The van der Waals surface area contributed by atoms with Crippen LogP contribution in [-0.2, 0) is 0 Å². The van der Waals surface area contributed by atoms with Gasteiger partial charge in [-0.1, -0.05) is 37.6 Å². The van der Waals surface area contributed by atoms with E-state index in [0.717, 1.165) is 16.2 Å². The van der Waals surface area contributed by atoms with Gasteiger partial charge in [-0.3, -0.25) is 0 Å². The van der Waals surface area contributed by atoms with Crippen molar-refractivity contribution in [3.63, 3.8) is 0 Å². The van der Waals surface area contributed by atoms with E-state index in [2.05, 4.69) is 37.0 Å². The second-order valence-corrected chi connectivity index (χ2v) is 4.40. The number of fused-ring (bicyclic) bond motifs is 1. The highest BCUT2D eigenvalue weighted by Gasteiger charge is 2.07. The molecular weight excluding hydrogens is 194 g/mol. The predicted octanol–water partition coefficient (Wildman–Crippen LogP) is 4.25. The number of halogens is 1. The van der Waals surface area contributed by atoms with Crippen molar-refractivity contribution in [3.8, 4) is 0 Å². The molecule has 0 fully saturated rings. The molecule has 0 saturated heterocycles. The van der Waals surface area contributed by atoms with Gasteiger partial charge in [0.05, 0.1) is 0 Å². The lowest BCUT2D eigenvalue weighted by Gasteiger charge is -2.04. The normalized spacial score (nSPS) is 11.5. The van der Waals surface area contributed by atoms with Crippen molar-refractivity contribution in [1.82, 2.24) is 4.98 Å². The van der Waals surface area contributed by atoms with Gasteiger partial charge < -0.3 is 4.98 Å². The van der Waals surface area contributed by atoms with Gasteiger partial charge in [0.25, 0.3) is 0 Å².